The average molecular weight is 430 g/mol. The summed E-state index contributed by atoms with van der Waals surface area (Å²) in [7, 11) is -5.04. The molecule has 4 aromatic rings. The highest BCUT2D eigenvalue weighted by molar-refractivity contribution is 7.86. The van der Waals surface area contributed by atoms with Crippen molar-refractivity contribution in [1.29, 1.82) is 0 Å². The molecule has 1 unspecified atom stereocenters. The van der Waals surface area contributed by atoms with Crippen molar-refractivity contribution in [1.82, 2.24) is 4.98 Å². The summed E-state index contributed by atoms with van der Waals surface area (Å²) in [5, 5.41) is 13.4. The van der Waals surface area contributed by atoms with Crippen molar-refractivity contribution in [2.24, 2.45) is 0 Å². The van der Waals surface area contributed by atoms with Gasteiger partial charge in [0, 0.05) is 26.3 Å². The molecule has 0 aliphatic carbocycles. The smallest absolute Gasteiger partial charge is 0.332 e. The lowest BCUT2D eigenvalue weighted by molar-refractivity contribution is -0.481. The zero-order chi connectivity index (χ0) is 20.6. The maximum absolute atomic E-state index is 14.1. The molecule has 0 spiro atoms. The van der Waals surface area contributed by atoms with Crippen molar-refractivity contribution < 1.29 is 17.2 Å². The van der Waals surface area contributed by atoms with Crippen LogP contribution in [0.5, 0.6) is 0 Å². The van der Waals surface area contributed by atoms with Crippen LogP contribution in [-0.2, 0) is 10.2 Å². The molecule has 0 fully saturated rings. The Morgan fingerprint density at radius 2 is 1.83 bits per heavy atom. The van der Waals surface area contributed by atoms with Crippen LogP contribution in [0.4, 0.5) is 3.89 Å². The van der Waals surface area contributed by atoms with Crippen molar-refractivity contribution in [3.05, 3.63) is 86.6 Å². The largest absolute Gasteiger partial charge is 0.354 e. The van der Waals surface area contributed by atoms with Gasteiger partial charge in [-0.25, -0.2) is 0 Å². The van der Waals surface area contributed by atoms with E-state index in [0.29, 0.717) is 21.7 Å². The minimum atomic E-state index is -5.04. The SMILES string of the molecule is O=[N+]([O-])CC(c1cccs1)c1c(-c2ccccc2)[nH]c2cccc(S(=O)(=O)F)c12. The Kier molecular flexibility index (Phi) is 4.93. The summed E-state index contributed by atoms with van der Waals surface area (Å²) in [5.41, 5.74) is 2.08. The summed E-state index contributed by atoms with van der Waals surface area (Å²) in [5.74, 6) is -0.739. The van der Waals surface area contributed by atoms with E-state index in [9.17, 15) is 22.4 Å². The second-order valence-electron chi connectivity index (χ2n) is 6.48. The second-order valence-corrected chi connectivity index (χ2v) is 8.77. The summed E-state index contributed by atoms with van der Waals surface area (Å²) < 4.78 is 37.9. The number of hydrogen-bond acceptors (Lipinski definition) is 5. The first-order chi connectivity index (χ1) is 13.9. The molecule has 0 saturated heterocycles. The molecule has 0 saturated carbocycles. The fraction of sp³-hybridized carbons (Fsp3) is 0.100. The Hall–Kier alpha value is -3.04. The summed E-state index contributed by atoms with van der Waals surface area (Å²) in [6.45, 7) is -0.450. The van der Waals surface area contributed by atoms with Gasteiger partial charge in [-0.3, -0.25) is 10.1 Å². The van der Waals surface area contributed by atoms with Crippen LogP contribution in [0.3, 0.4) is 0 Å². The van der Waals surface area contributed by atoms with Crippen LogP contribution in [0.2, 0.25) is 0 Å². The maximum Gasteiger partial charge on any atom is 0.332 e. The molecule has 2 aromatic carbocycles. The van der Waals surface area contributed by atoms with Crippen LogP contribution in [0.15, 0.2) is 70.9 Å². The molecular weight excluding hydrogens is 415 g/mol. The summed E-state index contributed by atoms with van der Waals surface area (Å²) in [6, 6.07) is 16.9. The van der Waals surface area contributed by atoms with Gasteiger partial charge in [-0.2, -0.15) is 8.42 Å². The summed E-state index contributed by atoms with van der Waals surface area (Å²) in [4.78, 5) is 14.4. The summed E-state index contributed by atoms with van der Waals surface area (Å²) in [6.07, 6.45) is 0. The van der Waals surface area contributed by atoms with Gasteiger partial charge in [-0.05, 0) is 29.1 Å². The van der Waals surface area contributed by atoms with E-state index in [0.717, 1.165) is 5.56 Å². The van der Waals surface area contributed by atoms with Crippen LogP contribution in [-0.4, -0.2) is 24.9 Å². The van der Waals surface area contributed by atoms with Crippen molar-refractivity contribution in [2.75, 3.05) is 6.54 Å². The van der Waals surface area contributed by atoms with Gasteiger partial charge in [0.15, 0.2) is 0 Å². The van der Waals surface area contributed by atoms with Gasteiger partial charge in [0.05, 0.1) is 11.6 Å². The minimum Gasteiger partial charge on any atom is -0.354 e. The Balaban J connectivity index is 2.12. The third kappa shape index (κ3) is 3.66. The third-order valence-electron chi connectivity index (χ3n) is 4.72. The molecule has 1 atom stereocenters. The standard InChI is InChI=1S/C20H15FN2O4S2/c21-29(26,27)17-10-4-8-15-19(17)18(20(22-15)13-6-2-1-3-7-13)14(12-23(24)25)16-9-5-11-28-16/h1-11,14,22H,12H2. The number of hydrogen-bond donors (Lipinski definition) is 1. The number of nitrogens with one attached hydrogen (secondary N) is 1. The predicted molar refractivity (Wildman–Crippen MR) is 110 cm³/mol. The zero-order valence-corrected chi connectivity index (χ0v) is 16.5. The van der Waals surface area contributed by atoms with E-state index >= 15 is 0 Å². The molecule has 4 rings (SSSR count). The Labute approximate surface area is 170 Å². The Morgan fingerprint density at radius 1 is 1.07 bits per heavy atom. The number of rotatable bonds is 6. The molecule has 0 amide bonds. The first-order valence-electron chi connectivity index (χ1n) is 8.66. The van der Waals surface area contributed by atoms with Crippen LogP contribution >= 0.6 is 11.3 Å². The fourth-order valence-electron chi connectivity index (χ4n) is 3.59. The zero-order valence-electron chi connectivity index (χ0n) is 14.9. The van der Waals surface area contributed by atoms with Gasteiger partial charge < -0.3 is 4.98 Å². The first-order valence-corrected chi connectivity index (χ1v) is 10.9. The molecule has 2 aromatic heterocycles. The molecule has 0 bridgehead atoms. The molecule has 9 heteroatoms. The lowest BCUT2D eigenvalue weighted by Gasteiger charge is -2.15. The van der Waals surface area contributed by atoms with E-state index in [-0.39, 0.29) is 5.39 Å². The van der Waals surface area contributed by atoms with Crippen molar-refractivity contribution in [3.63, 3.8) is 0 Å². The number of aromatic amines is 1. The Bertz CT molecular complexity index is 1280. The normalized spacial score (nSPS) is 12.9. The lowest BCUT2D eigenvalue weighted by atomic mass is 9.92. The minimum absolute atomic E-state index is 0.147. The van der Waals surface area contributed by atoms with Gasteiger partial charge in [-0.1, -0.05) is 42.5 Å². The topological polar surface area (TPSA) is 93.1 Å². The highest BCUT2D eigenvalue weighted by atomic mass is 32.3. The van der Waals surface area contributed by atoms with E-state index in [1.165, 1.54) is 23.5 Å². The highest BCUT2D eigenvalue weighted by Gasteiger charge is 2.31. The average Bonchev–Trinajstić information content (AvgIpc) is 3.34. The van der Waals surface area contributed by atoms with Crippen molar-refractivity contribution in [3.8, 4) is 11.3 Å². The molecular formula is C20H15FN2O4S2. The molecule has 2 heterocycles. The van der Waals surface area contributed by atoms with Gasteiger partial charge in [0.1, 0.15) is 4.90 Å². The van der Waals surface area contributed by atoms with Crippen LogP contribution < -0.4 is 0 Å². The van der Waals surface area contributed by atoms with Gasteiger partial charge in [0.25, 0.3) is 0 Å². The van der Waals surface area contributed by atoms with E-state index in [4.69, 9.17) is 0 Å². The molecule has 0 aliphatic rings. The Morgan fingerprint density at radius 3 is 2.45 bits per heavy atom. The van der Waals surface area contributed by atoms with E-state index < -0.39 is 32.5 Å². The number of nitrogens with zero attached hydrogens (tertiary/aromatic N) is 1. The van der Waals surface area contributed by atoms with E-state index in [1.54, 1.807) is 23.6 Å². The number of thiophene rings is 1. The van der Waals surface area contributed by atoms with Crippen LogP contribution in [0.25, 0.3) is 22.2 Å². The fourth-order valence-corrected chi connectivity index (χ4v) is 5.12. The van der Waals surface area contributed by atoms with Crippen molar-refractivity contribution >= 4 is 32.5 Å². The molecule has 6 nitrogen and oxygen atoms in total. The second kappa shape index (κ2) is 7.41. The van der Waals surface area contributed by atoms with E-state index in [2.05, 4.69) is 4.98 Å². The molecule has 0 radical (unpaired) electrons. The third-order valence-corrected chi connectivity index (χ3v) is 6.57. The van der Waals surface area contributed by atoms with Gasteiger partial charge in [-0.15, -0.1) is 15.2 Å². The number of nitro groups is 1. The summed E-state index contributed by atoms with van der Waals surface area (Å²) >= 11 is 1.34. The lowest BCUT2D eigenvalue weighted by Crippen LogP contribution is -2.14. The monoisotopic (exact) mass is 430 g/mol. The van der Waals surface area contributed by atoms with Crippen LogP contribution in [0.1, 0.15) is 16.4 Å². The molecule has 0 aliphatic heterocycles. The highest BCUT2D eigenvalue weighted by Crippen LogP contribution is 2.42. The molecule has 148 valence electrons. The maximum atomic E-state index is 14.1. The first kappa shape index (κ1) is 19.3. The number of aromatic nitrogens is 1. The number of benzene rings is 2. The van der Waals surface area contributed by atoms with Gasteiger partial charge >= 0.3 is 10.2 Å². The number of fused-ring (bicyclic) bond motifs is 1. The quantitative estimate of drug-likeness (QED) is 0.266. The van der Waals surface area contributed by atoms with Crippen LogP contribution in [0, 0.1) is 10.1 Å². The van der Waals surface area contributed by atoms with Crippen molar-refractivity contribution in [2.45, 2.75) is 10.8 Å². The predicted octanol–water partition coefficient (Wildman–Crippen LogP) is 4.96. The van der Waals surface area contributed by atoms with E-state index in [1.807, 2.05) is 30.3 Å². The van der Waals surface area contributed by atoms with Gasteiger partial charge in [0.2, 0.25) is 6.54 Å². The number of halogens is 1. The number of H-pyrrole nitrogens is 1. The molecule has 1 N–H and O–H groups in total. The molecule has 29 heavy (non-hydrogen) atoms.